The minimum Gasteiger partial charge on any atom is -0.505 e. The Morgan fingerprint density at radius 3 is 2.68 bits per heavy atom. The van der Waals surface area contributed by atoms with E-state index in [0.29, 0.717) is 6.07 Å². The van der Waals surface area contributed by atoms with Crippen LogP contribution in [-0.4, -0.2) is 22.5 Å². The molecule has 19 heavy (non-hydrogen) atoms. The van der Waals surface area contributed by atoms with E-state index in [1.54, 1.807) is 0 Å². The van der Waals surface area contributed by atoms with Crippen molar-refractivity contribution in [3.8, 4) is 17.0 Å². The molecular weight excluding hydrogens is 275 g/mol. The standard InChI is InChI=1S/C12H10F2NO3P/c1-18-12(17)8-5-15(19)10(11(8)16)7-3-2-6(13)4-9(7)14/h2-5,16H,19H2,1H3. The molecule has 0 aliphatic carbocycles. The lowest BCUT2D eigenvalue weighted by Crippen LogP contribution is -1.99. The third-order valence-electron chi connectivity index (χ3n) is 2.60. The minimum absolute atomic E-state index is 0.0240. The SMILES string of the molecule is COC(=O)c1cn(P)c(-c2ccc(F)cc2F)c1O. The first-order valence-corrected chi connectivity index (χ1v) is 5.70. The van der Waals surface area contributed by atoms with E-state index < -0.39 is 23.4 Å². The van der Waals surface area contributed by atoms with Gasteiger partial charge < -0.3 is 14.2 Å². The van der Waals surface area contributed by atoms with E-state index in [0.717, 1.165) is 6.07 Å². The third kappa shape index (κ3) is 2.31. The molecule has 1 atom stereocenters. The van der Waals surface area contributed by atoms with Gasteiger partial charge in [-0.05, 0) is 21.5 Å². The largest absolute Gasteiger partial charge is 0.505 e. The van der Waals surface area contributed by atoms with E-state index in [4.69, 9.17) is 0 Å². The van der Waals surface area contributed by atoms with Crippen LogP contribution in [0.15, 0.2) is 24.4 Å². The molecule has 100 valence electrons. The fourth-order valence-electron chi connectivity index (χ4n) is 1.72. The zero-order valence-electron chi connectivity index (χ0n) is 9.85. The maximum absolute atomic E-state index is 13.7. The van der Waals surface area contributed by atoms with Crippen LogP contribution in [0.5, 0.6) is 5.75 Å². The maximum Gasteiger partial charge on any atom is 0.343 e. The molecule has 0 radical (unpaired) electrons. The predicted molar refractivity (Wildman–Crippen MR) is 67.9 cm³/mol. The molecule has 1 aromatic carbocycles. The first kappa shape index (κ1) is 13.5. The number of hydrogen-bond donors (Lipinski definition) is 1. The van der Waals surface area contributed by atoms with Crippen LogP contribution in [-0.2, 0) is 4.74 Å². The maximum atomic E-state index is 13.7. The quantitative estimate of drug-likeness (QED) is 0.681. The van der Waals surface area contributed by atoms with Crippen molar-refractivity contribution in [3.63, 3.8) is 0 Å². The van der Waals surface area contributed by atoms with Crippen LogP contribution < -0.4 is 0 Å². The molecule has 1 heterocycles. The summed E-state index contributed by atoms with van der Waals surface area (Å²) in [4.78, 5) is 11.4. The topological polar surface area (TPSA) is 51.5 Å². The van der Waals surface area contributed by atoms with Gasteiger partial charge in [0.1, 0.15) is 17.2 Å². The van der Waals surface area contributed by atoms with Crippen LogP contribution in [0.3, 0.4) is 0 Å². The highest BCUT2D eigenvalue weighted by molar-refractivity contribution is 7.14. The number of aromatic hydroxyl groups is 1. The number of carbonyl (C=O) groups excluding carboxylic acids is 1. The number of carbonyl (C=O) groups is 1. The van der Waals surface area contributed by atoms with Crippen LogP contribution in [0.4, 0.5) is 8.78 Å². The molecule has 0 saturated heterocycles. The number of benzene rings is 1. The highest BCUT2D eigenvalue weighted by Gasteiger charge is 2.22. The Kier molecular flexibility index (Phi) is 3.53. The van der Waals surface area contributed by atoms with Crippen molar-refractivity contribution in [2.75, 3.05) is 7.11 Å². The molecule has 7 heteroatoms. The van der Waals surface area contributed by atoms with Gasteiger partial charge in [-0.1, -0.05) is 0 Å². The van der Waals surface area contributed by atoms with E-state index in [1.807, 2.05) is 0 Å². The Balaban J connectivity index is 2.63. The summed E-state index contributed by atoms with van der Waals surface area (Å²) in [5.74, 6) is -2.74. The minimum atomic E-state index is -0.839. The molecule has 2 aromatic rings. The Hall–Kier alpha value is -1.94. The van der Waals surface area contributed by atoms with Gasteiger partial charge >= 0.3 is 5.97 Å². The lowest BCUT2D eigenvalue weighted by molar-refractivity contribution is 0.0598. The van der Waals surface area contributed by atoms with Gasteiger partial charge in [0, 0.05) is 17.8 Å². The van der Waals surface area contributed by atoms with Gasteiger partial charge in [-0.3, -0.25) is 0 Å². The van der Waals surface area contributed by atoms with Gasteiger partial charge in [0.2, 0.25) is 0 Å². The van der Waals surface area contributed by atoms with Gasteiger partial charge in [-0.2, -0.15) is 0 Å². The number of ether oxygens (including phenoxy) is 1. The van der Waals surface area contributed by atoms with Crippen molar-refractivity contribution < 1.29 is 23.4 Å². The second-order valence-corrected chi connectivity index (χ2v) is 4.32. The number of aromatic nitrogens is 1. The van der Waals surface area contributed by atoms with Crippen molar-refractivity contribution >= 4 is 15.4 Å². The summed E-state index contributed by atoms with van der Waals surface area (Å²) in [5.41, 5.74) is -0.0804. The predicted octanol–water partition coefficient (Wildman–Crippen LogP) is 2.56. The number of nitrogens with zero attached hydrogens (tertiary/aromatic N) is 1. The second kappa shape index (κ2) is 4.97. The molecule has 0 spiro atoms. The van der Waals surface area contributed by atoms with Gasteiger partial charge in [0.25, 0.3) is 0 Å². The van der Waals surface area contributed by atoms with Gasteiger partial charge in [0.15, 0.2) is 5.75 Å². The number of halogens is 2. The highest BCUT2D eigenvalue weighted by atomic mass is 31.0. The smallest absolute Gasteiger partial charge is 0.343 e. The van der Waals surface area contributed by atoms with Crippen LogP contribution in [0.25, 0.3) is 11.3 Å². The van der Waals surface area contributed by atoms with E-state index in [2.05, 4.69) is 14.1 Å². The number of rotatable bonds is 2. The zero-order valence-corrected chi connectivity index (χ0v) is 11.0. The molecular formula is C12H10F2NO3P. The Labute approximate surface area is 109 Å². The first-order chi connectivity index (χ1) is 8.95. The molecule has 0 aliphatic rings. The summed E-state index contributed by atoms with van der Waals surface area (Å²) in [7, 11) is 3.37. The third-order valence-corrected chi connectivity index (χ3v) is 3.00. The van der Waals surface area contributed by atoms with Crippen LogP contribution in [0, 0.1) is 11.6 Å². The Morgan fingerprint density at radius 2 is 2.11 bits per heavy atom. The van der Waals surface area contributed by atoms with Gasteiger partial charge in [0.05, 0.1) is 12.8 Å². The summed E-state index contributed by atoms with van der Waals surface area (Å²) < 4.78 is 32.3. The summed E-state index contributed by atoms with van der Waals surface area (Å²) in [6.07, 6.45) is 1.28. The second-order valence-electron chi connectivity index (χ2n) is 3.76. The summed E-state index contributed by atoms with van der Waals surface area (Å²) in [6.45, 7) is 0. The Morgan fingerprint density at radius 1 is 1.42 bits per heavy atom. The lowest BCUT2D eigenvalue weighted by Gasteiger charge is -2.05. The summed E-state index contributed by atoms with van der Waals surface area (Å²) in [5, 5.41) is 9.96. The monoisotopic (exact) mass is 285 g/mol. The molecule has 0 bridgehead atoms. The average molecular weight is 285 g/mol. The molecule has 0 aliphatic heterocycles. The molecule has 1 unspecified atom stereocenters. The molecule has 0 fully saturated rings. The van der Waals surface area contributed by atoms with Crippen molar-refractivity contribution in [3.05, 3.63) is 41.6 Å². The summed E-state index contributed by atoms with van der Waals surface area (Å²) in [6, 6.07) is 2.94. The van der Waals surface area contributed by atoms with E-state index in [1.165, 1.54) is 23.7 Å². The molecule has 2 rings (SSSR count). The van der Waals surface area contributed by atoms with E-state index >= 15 is 0 Å². The van der Waals surface area contributed by atoms with Crippen molar-refractivity contribution in [2.24, 2.45) is 0 Å². The van der Waals surface area contributed by atoms with Gasteiger partial charge in [-0.25, -0.2) is 13.6 Å². The summed E-state index contributed by atoms with van der Waals surface area (Å²) >= 11 is 0. The van der Waals surface area contributed by atoms with E-state index in [-0.39, 0.29) is 16.8 Å². The van der Waals surface area contributed by atoms with Crippen LogP contribution in [0.2, 0.25) is 0 Å². The lowest BCUT2D eigenvalue weighted by atomic mass is 10.1. The van der Waals surface area contributed by atoms with Crippen molar-refractivity contribution in [2.45, 2.75) is 0 Å². The molecule has 1 N–H and O–H groups in total. The van der Waals surface area contributed by atoms with Crippen LogP contribution in [0.1, 0.15) is 10.4 Å². The van der Waals surface area contributed by atoms with E-state index in [9.17, 15) is 18.7 Å². The molecule has 1 aromatic heterocycles. The number of esters is 1. The first-order valence-electron chi connectivity index (χ1n) is 5.18. The van der Waals surface area contributed by atoms with Crippen molar-refractivity contribution in [1.82, 2.24) is 4.34 Å². The number of hydrogen-bond acceptors (Lipinski definition) is 3. The Bertz CT molecular complexity index is 655. The van der Waals surface area contributed by atoms with Crippen LogP contribution >= 0.6 is 9.39 Å². The fraction of sp³-hybridized carbons (Fsp3) is 0.0833. The van der Waals surface area contributed by atoms with Gasteiger partial charge in [-0.15, -0.1) is 0 Å². The average Bonchev–Trinajstić information content (AvgIpc) is 2.65. The molecule has 4 nitrogen and oxygen atoms in total. The zero-order chi connectivity index (χ0) is 14.2. The molecule has 0 amide bonds. The highest BCUT2D eigenvalue weighted by Crippen LogP contribution is 2.37. The normalized spacial score (nSPS) is 10.5. The number of methoxy groups -OCH3 is 1. The fourth-order valence-corrected chi connectivity index (χ4v) is 2.13. The molecule has 0 saturated carbocycles. The van der Waals surface area contributed by atoms with Crippen molar-refractivity contribution in [1.29, 1.82) is 0 Å².